The Labute approximate surface area is 159 Å². The smallest absolute Gasteiger partial charge is 0.416 e. The van der Waals surface area contributed by atoms with Gasteiger partial charge in [-0.3, -0.25) is 14.6 Å². The van der Waals surface area contributed by atoms with Gasteiger partial charge in [0, 0.05) is 23.0 Å². The van der Waals surface area contributed by atoms with Gasteiger partial charge in [-0.1, -0.05) is 6.07 Å². The number of carbonyl (C=O) groups is 2. The fourth-order valence-electron chi connectivity index (χ4n) is 2.30. The van der Waals surface area contributed by atoms with Crippen molar-refractivity contribution in [1.29, 1.82) is 0 Å². The molecule has 2 aromatic rings. The Bertz CT molecular complexity index is 890. The second kappa shape index (κ2) is 7.87. The number of phenols is 1. The SMILES string of the molecule is CC(C)(C)NC(=O)c1cc(NC(=O)Cc2ccc(C(F)(F)F)cc2O)ccn1. The molecule has 0 bridgehead atoms. The Kier molecular flexibility index (Phi) is 5.96. The summed E-state index contributed by atoms with van der Waals surface area (Å²) >= 11 is 0. The standard InChI is InChI=1S/C19H20F3N3O3/c1-18(2,3)25-17(28)14-10-13(6-7-23-14)24-16(27)8-11-4-5-12(9-15(11)26)19(20,21)22/h4-7,9-10,26H,8H2,1-3H3,(H,25,28)(H,23,24,27). The fourth-order valence-corrected chi connectivity index (χ4v) is 2.30. The highest BCUT2D eigenvalue weighted by Gasteiger charge is 2.31. The first-order chi connectivity index (χ1) is 12.8. The van der Waals surface area contributed by atoms with Gasteiger partial charge in [-0.2, -0.15) is 13.2 Å². The minimum Gasteiger partial charge on any atom is -0.508 e. The number of halogens is 3. The molecule has 150 valence electrons. The number of hydrogen-bond acceptors (Lipinski definition) is 4. The van der Waals surface area contributed by atoms with Crippen LogP contribution in [0.4, 0.5) is 18.9 Å². The third kappa shape index (κ3) is 5.97. The molecule has 6 nitrogen and oxygen atoms in total. The first kappa shape index (κ1) is 21.2. The molecule has 9 heteroatoms. The monoisotopic (exact) mass is 395 g/mol. The molecule has 1 heterocycles. The van der Waals surface area contributed by atoms with Gasteiger partial charge in [-0.05, 0) is 45.0 Å². The number of rotatable bonds is 4. The number of amides is 2. The van der Waals surface area contributed by atoms with E-state index in [1.807, 2.05) is 20.8 Å². The number of pyridine rings is 1. The van der Waals surface area contributed by atoms with Gasteiger partial charge in [-0.15, -0.1) is 0 Å². The first-order valence-corrected chi connectivity index (χ1v) is 8.33. The van der Waals surface area contributed by atoms with E-state index in [1.165, 1.54) is 18.3 Å². The Morgan fingerprint density at radius 2 is 1.79 bits per heavy atom. The summed E-state index contributed by atoms with van der Waals surface area (Å²) in [5.41, 5.74) is -1.02. The number of anilines is 1. The third-order valence-corrected chi connectivity index (χ3v) is 3.53. The van der Waals surface area contributed by atoms with E-state index in [4.69, 9.17) is 0 Å². The van der Waals surface area contributed by atoms with Crippen LogP contribution in [0.1, 0.15) is 42.4 Å². The predicted octanol–water partition coefficient (Wildman–Crippen LogP) is 3.52. The number of hydrogen-bond donors (Lipinski definition) is 3. The molecule has 0 saturated heterocycles. The molecule has 0 saturated carbocycles. The number of aromatic hydroxyl groups is 1. The van der Waals surface area contributed by atoms with Crippen molar-refractivity contribution in [3.63, 3.8) is 0 Å². The molecule has 1 aromatic carbocycles. The van der Waals surface area contributed by atoms with E-state index < -0.39 is 34.8 Å². The minimum atomic E-state index is -4.58. The highest BCUT2D eigenvalue weighted by Crippen LogP contribution is 2.32. The number of nitrogens with one attached hydrogen (secondary N) is 2. The molecule has 0 fully saturated rings. The van der Waals surface area contributed by atoms with Gasteiger partial charge in [0.05, 0.1) is 12.0 Å². The zero-order chi connectivity index (χ0) is 21.1. The van der Waals surface area contributed by atoms with E-state index in [0.717, 1.165) is 12.1 Å². The Hall–Kier alpha value is -3.10. The molecule has 0 aliphatic rings. The van der Waals surface area contributed by atoms with E-state index in [0.29, 0.717) is 11.8 Å². The number of alkyl halides is 3. The van der Waals surface area contributed by atoms with Crippen LogP contribution in [0, 0.1) is 0 Å². The minimum absolute atomic E-state index is 0.0465. The fraction of sp³-hybridized carbons (Fsp3) is 0.316. The van der Waals surface area contributed by atoms with Crippen LogP contribution in [0.15, 0.2) is 36.5 Å². The van der Waals surface area contributed by atoms with Crippen LogP contribution in [-0.2, 0) is 17.4 Å². The van der Waals surface area contributed by atoms with Crippen LogP contribution in [0.5, 0.6) is 5.75 Å². The lowest BCUT2D eigenvalue weighted by atomic mass is 10.1. The molecular formula is C19H20F3N3O3. The van der Waals surface area contributed by atoms with E-state index in [-0.39, 0.29) is 17.7 Å². The number of nitrogens with zero attached hydrogens (tertiary/aromatic N) is 1. The van der Waals surface area contributed by atoms with Gasteiger partial charge in [0.1, 0.15) is 11.4 Å². The van der Waals surface area contributed by atoms with Crippen molar-refractivity contribution in [3.8, 4) is 5.75 Å². The molecule has 2 rings (SSSR count). The summed E-state index contributed by atoms with van der Waals surface area (Å²) in [6.07, 6.45) is -3.57. The van der Waals surface area contributed by atoms with Crippen molar-refractivity contribution in [1.82, 2.24) is 10.3 Å². The molecule has 0 aliphatic carbocycles. The molecule has 0 radical (unpaired) electrons. The highest BCUT2D eigenvalue weighted by molar-refractivity contribution is 5.96. The van der Waals surface area contributed by atoms with E-state index in [1.54, 1.807) is 0 Å². The average molecular weight is 395 g/mol. The lowest BCUT2D eigenvalue weighted by Crippen LogP contribution is -2.40. The van der Waals surface area contributed by atoms with Crippen LogP contribution in [-0.4, -0.2) is 27.4 Å². The zero-order valence-corrected chi connectivity index (χ0v) is 15.5. The normalized spacial score (nSPS) is 11.8. The quantitative estimate of drug-likeness (QED) is 0.739. The number of aromatic nitrogens is 1. The van der Waals surface area contributed by atoms with E-state index >= 15 is 0 Å². The highest BCUT2D eigenvalue weighted by atomic mass is 19.4. The Morgan fingerprint density at radius 3 is 2.36 bits per heavy atom. The molecule has 28 heavy (non-hydrogen) atoms. The second-order valence-electron chi connectivity index (χ2n) is 7.20. The van der Waals surface area contributed by atoms with Crippen LogP contribution in [0.3, 0.4) is 0 Å². The number of phenolic OH excluding ortho intramolecular Hbond substituents is 1. The van der Waals surface area contributed by atoms with Crippen molar-refractivity contribution in [3.05, 3.63) is 53.3 Å². The topological polar surface area (TPSA) is 91.3 Å². The maximum Gasteiger partial charge on any atom is 0.416 e. The lowest BCUT2D eigenvalue weighted by Gasteiger charge is -2.20. The lowest BCUT2D eigenvalue weighted by molar-refractivity contribution is -0.137. The Morgan fingerprint density at radius 1 is 1.11 bits per heavy atom. The van der Waals surface area contributed by atoms with Gasteiger partial charge < -0.3 is 15.7 Å². The second-order valence-corrected chi connectivity index (χ2v) is 7.20. The molecule has 3 N–H and O–H groups in total. The van der Waals surface area contributed by atoms with Crippen molar-refractivity contribution < 1.29 is 27.9 Å². The maximum atomic E-state index is 12.6. The van der Waals surface area contributed by atoms with E-state index in [9.17, 15) is 27.9 Å². The van der Waals surface area contributed by atoms with Gasteiger partial charge >= 0.3 is 6.18 Å². The molecule has 0 spiro atoms. The van der Waals surface area contributed by atoms with Crippen LogP contribution in [0.25, 0.3) is 0 Å². The summed E-state index contributed by atoms with van der Waals surface area (Å²) in [6, 6.07) is 5.27. The molecule has 0 unspecified atom stereocenters. The summed E-state index contributed by atoms with van der Waals surface area (Å²) in [6.45, 7) is 5.44. The summed E-state index contributed by atoms with van der Waals surface area (Å²) in [5, 5.41) is 15.0. The molecular weight excluding hydrogens is 375 g/mol. The molecule has 2 amide bonds. The van der Waals surface area contributed by atoms with Crippen molar-refractivity contribution in [2.45, 2.75) is 38.9 Å². The molecule has 0 aliphatic heterocycles. The Balaban J connectivity index is 2.08. The summed E-state index contributed by atoms with van der Waals surface area (Å²) < 4.78 is 37.9. The summed E-state index contributed by atoms with van der Waals surface area (Å²) in [4.78, 5) is 28.2. The van der Waals surface area contributed by atoms with Crippen molar-refractivity contribution in [2.75, 3.05) is 5.32 Å². The van der Waals surface area contributed by atoms with E-state index in [2.05, 4.69) is 15.6 Å². The number of benzene rings is 1. The largest absolute Gasteiger partial charge is 0.508 e. The van der Waals surface area contributed by atoms with Gasteiger partial charge in [0.25, 0.3) is 5.91 Å². The van der Waals surface area contributed by atoms with Crippen molar-refractivity contribution in [2.24, 2.45) is 0 Å². The van der Waals surface area contributed by atoms with Gasteiger partial charge in [-0.25, -0.2) is 0 Å². The first-order valence-electron chi connectivity index (χ1n) is 8.33. The molecule has 1 aromatic heterocycles. The summed E-state index contributed by atoms with van der Waals surface area (Å²) in [7, 11) is 0. The van der Waals surface area contributed by atoms with Gasteiger partial charge in [0.2, 0.25) is 5.91 Å². The summed E-state index contributed by atoms with van der Waals surface area (Å²) in [5.74, 6) is -1.60. The zero-order valence-electron chi connectivity index (χ0n) is 15.5. The average Bonchev–Trinajstić information content (AvgIpc) is 2.54. The van der Waals surface area contributed by atoms with Crippen LogP contribution >= 0.6 is 0 Å². The predicted molar refractivity (Wildman–Crippen MR) is 96.9 cm³/mol. The van der Waals surface area contributed by atoms with Crippen LogP contribution in [0.2, 0.25) is 0 Å². The number of carbonyl (C=O) groups excluding carboxylic acids is 2. The molecule has 0 atom stereocenters. The maximum absolute atomic E-state index is 12.6. The van der Waals surface area contributed by atoms with Crippen molar-refractivity contribution >= 4 is 17.5 Å². The third-order valence-electron chi connectivity index (χ3n) is 3.53. The van der Waals surface area contributed by atoms with Gasteiger partial charge in [0.15, 0.2) is 0 Å². The van der Waals surface area contributed by atoms with Crippen LogP contribution < -0.4 is 10.6 Å².